The normalized spacial score (nSPS) is 6.44. The fraction of sp³-hybridized carbons (Fsp3) is 0.750. The molecule has 0 fully saturated rings. The van der Waals surface area contributed by atoms with Crippen LogP contribution < -0.4 is 10.2 Å². The summed E-state index contributed by atoms with van der Waals surface area (Å²) in [5, 5.41) is 34.0. The molecule has 0 heterocycles. The monoisotopic (exact) mass is 324 g/mol. The van der Waals surface area contributed by atoms with E-state index in [9.17, 15) is 0 Å². The van der Waals surface area contributed by atoms with Gasteiger partial charge in [-0.3, -0.25) is 0 Å². The van der Waals surface area contributed by atoms with E-state index in [2.05, 4.69) is 4.74 Å². The molecule has 0 aliphatic rings. The first-order valence-electron chi connectivity index (χ1n) is 4.03. The maximum absolute atomic E-state index is 8.89. The first kappa shape index (κ1) is 36.0. The van der Waals surface area contributed by atoms with Crippen LogP contribution in [0.15, 0.2) is 0 Å². The van der Waals surface area contributed by atoms with E-state index in [1.807, 2.05) is 0 Å². The van der Waals surface area contributed by atoms with Gasteiger partial charge in [0.15, 0.2) is 0 Å². The van der Waals surface area contributed by atoms with Crippen molar-refractivity contribution in [2.24, 2.45) is 0 Å². The zero-order valence-corrected chi connectivity index (χ0v) is 13.4. The topological polar surface area (TPSA) is 193 Å². The van der Waals surface area contributed by atoms with Gasteiger partial charge in [-0.05, 0) is 13.8 Å². The Balaban J connectivity index is -0.0000000292. The number of carboxylic acids is 2. The molecule has 0 unspecified atom stereocenters. The SMILES string of the molecule is CC(=O)[O-].CC(=O)[O-].O.O.OCCOCCO.[Zn+2]. The van der Waals surface area contributed by atoms with Gasteiger partial charge in [0.25, 0.3) is 0 Å². The Morgan fingerprint density at radius 1 is 0.944 bits per heavy atom. The quantitative estimate of drug-likeness (QED) is 0.380. The predicted molar refractivity (Wildman–Crippen MR) is 53.6 cm³/mol. The molecule has 0 atom stereocenters. The first-order valence-corrected chi connectivity index (χ1v) is 4.03. The van der Waals surface area contributed by atoms with Crippen molar-refractivity contribution in [1.29, 1.82) is 0 Å². The maximum atomic E-state index is 8.89. The van der Waals surface area contributed by atoms with Gasteiger partial charge in [0, 0.05) is 11.9 Å². The van der Waals surface area contributed by atoms with Gasteiger partial charge in [-0.2, -0.15) is 0 Å². The van der Waals surface area contributed by atoms with Crippen molar-refractivity contribution in [1.82, 2.24) is 0 Å². The van der Waals surface area contributed by atoms with Crippen LogP contribution >= 0.6 is 0 Å². The van der Waals surface area contributed by atoms with E-state index < -0.39 is 11.9 Å². The molecule has 0 aromatic carbocycles. The maximum Gasteiger partial charge on any atom is 2.00 e. The molecule has 9 nitrogen and oxygen atoms in total. The number of carboxylic acid groups (broad SMARTS) is 2. The predicted octanol–water partition coefficient (Wildman–Crippen LogP) is -5.15. The third kappa shape index (κ3) is 280. The van der Waals surface area contributed by atoms with Crippen LogP contribution in [-0.2, 0) is 33.8 Å². The zero-order valence-electron chi connectivity index (χ0n) is 10.5. The zero-order chi connectivity index (χ0) is 12.7. The Labute approximate surface area is 118 Å². The minimum absolute atomic E-state index is 0. The molecule has 18 heavy (non-hydrogen) atoms. The van der Waals surface area contributed by atoms with Crippen molar-refractivity contribution < 1.29 is 65.2 Å². The number of aliphatic hydroxyl groups is 2. The minimum Gasteiger partial charge on any atom is -0.550 e. The molecule has 0 aliphatic carbocycles. The summed E-state index contributed by atoms with van der Waals surface area (Å²) in [6, 6.07) is 0. The number of carbonyl (C=O) groups excluding carboxylic acids is 2. The van der Waals surface area contributed by atoms with Crippen molar-refractivity contribution in [2.45, 2.75) is 13.8 Å². The molecule has 0 aromatic rings. The molecule has 0 rings (SSSR count). The minimum atomic E-state index is -1.08. The van der Waals surface area contributed by atoms with Crippen LogP contribution in [0.3, 0.4) is 0 Å². The smallest absolute Gasteiger partial charge is 0.550 e. The molecule has 10 heteroatoms. The number of ether oxygens (including phenoxy) is 1. The molecule has 108 valence electrons. The van der Waals surface area contributed by atoms with Gasteiger partial charge in [-0.1, -0.05) is 0 Å². The summed E-state index contributed by atoms with van der Waals surface area (Å²) in [7, 11) is 0. The molecule has 0 amide bonds. The van der Waals surface area contributed by atoms with Crippen molar-refractivity contribution in [3.8, 4) is 0 Å². The van der Waals surface area contributed by atoms with Crippen molar-refractivity contribution in [3.05, 3.63) is 0 Å². The Hall–Kier alpha value is -0.637. The molecule has 6 N–H and O–H groups in total. The summed E-state index contributed by atoms with van der Waals surface area (Å²) >= 11 is 0. The van der Waals surface area contributed by atoms with Crippen LogP contribution in [0.5, 0.6) is 0 Å². The van der Waals surface area contributed by atoms with Crippen molar-refractivity contribution in [3.63, 3.8) is 0 Å². The summed E-state index contributed by atoms with van der Waals surface area (Å²) in [6.45, 7) is 2.64. The number of carbonyl (C=O) groups is 2. The Bertz CT molecular complexity index is 130. The standard InChI is InChI=1S/C4H10O3.2C2H4O2.2H2O.Zn/c5-1-3-7-4-2-6;2*1-2(3)4;;;/h5-6H,1-4H2;2*1H3,(H,3,4);2*1H2;/q;;;;;+2/p-2. The first-order chi connectivity index (χ1) is 6.88. The number of rotatable bonds is 4. The van der Waals surface area contributed by atoms with E-state index in [0.717, 1.165) is 13.8 Å². The van der Waals surface area contributed by atoms with E-state index in [1.165, 1.54) is 0 Å². The number of hydrogen-bond donors (Lipinski definition) is 2. The van der Waals surface area contributed by atoms with Gasteiger partial charge in [0.2, 0.25) is 0 Å². The number of hydrogen-bond acceptors (Lipinski definition) is 7. The van der Waals surface area contributed by atoms with Crippen molar-refractivity contribution >= 4 is 11.9 Å². The molecule has 0 radical (unpaired) electrons. The third-order valence-corrected chi connectivity index (χ3v) is 0.471. The summed E-state index contributed by atoms with van der Waals surface area (Å²) in [5.41, 5.74) is 0. The second-order valence-corrected chi connectivity index (χ2v) is 2.04. The summed E-state index contributed by atoms with van der Waals surface area (Å²) in [6.07, 6.45) is 0. The van der Waals surface area contributed by atoms with Crippen molar-refractivity contribution in [2.75, 3.05) is 26.4 Å². The fourth-order valence-electron chi connectivity index (χ4n) is 0.231. The second kappa shape index (κ2) is 36.0. The second-order valence-electron chi connectivity index (χ2n) is 2.04. The molecular weight excluding hydrogens is 305 g/mol. The average Bonchev–Trinajstić information content (AvgIpc) is 2.03. The molecule has 0 spiro atoms. The molecule has 0 bridgehead atoms. The summed E-state index contributed by atoms with van der Waals surface area (Å²) in [4.78, 5) is 17.8. The molecule has 0 aliphatic heterocycles. The van der Waals surface area contributed by atoms with Gasteiger partial charge in [-0.15, -0.1) is 0 Å². The van der Waals surface area contributed by atoms with E-state index in [-0.39, 0.29) is 43.6 Å². The fourth-order valence-corrected chi connectivity index (χ4v) is 0.231. The van der Waals surface area contributed by atoms with Crippen LogP contribution in [-0.4, -0.2) is 59.5 Å². The van der Waals surface area contributed by atoms with E-state index in [4.69, 9.17) is 30.0 Å². The molecule has 0 saturated heterocycles. The van der Waals surface area contributed by atoms with Crippen LogP contribution in [0, 0.1) is 0 Å². The van der Waals surface area contributed by atoms with Crippen LogP contribution in [0.1, 0.15) is 13.8 Å². The number of aliphatic carboxylic acids is 2. The Kier molecular flexibility index (Phi) is 71.9. The third-order valence-electron chi connectivity index (χ3n) is 0.471. The van der Waals surface area contributed by atoms with Gasteiger partial charge in [-0.25, -0.2) is 0 Å². The van der Waals surface area contributed by atoms with Gasteiger partial charge in [0.1, 0.15) is 0 Å². The average molecular weight is 326 g/mol. The largest absolute Gasteiger partial charge is 2.00 e. The van der Waals surface area contributed by atoms with Crippen LogP contribution in [0.4, 0.5) is 0 Å². The summed E-state index contributed by atoms with van der Waals surface area (Å²) in [5.74, 6) is -2.17. The molecular formula is C8H20O9Zn. The van der Waals surface area contributed by atoms with Gasteiger partial charge in [0.05, 0.1) is 26.4 Å². The number of aliphatic hydroxyl groups excluding tert-OH is 2. The molecule has 0 aromatic heterocycles. The van der Waals surface area contributed by atoms with E-state index in [0.29, 0.717) is 13.2 Å². The molecule has 0 saturated carbocycles. The van der Waals surface area contributed by atoms with Gasteiger partial charge >= 0.3 is 19.5 Å². The Morgan fingerprint density at radius 2 is 1.11 bits per heavy atom. The van der Waals surface area contributed by atoms with E-state index in [1.54, 1.807) is 0 Å². The Morgan fingerprint density at radius 3 is 1.22 bits per heavy atom. The van der Waals surface area contributed by atoms with Gasteiger partial charge < -0.3 is 45.7 Å². The van der Waals surface area contributed by atoms with E-state index >= 15 is 0 Å². The summed E-state index contributed by atoms with van der Waals surface area (Å²) < 4.78 is 4.63. The van der Waals surface area contributed by atoms with Crippen LogP contribution in [0.2, 0.25) is 0 Å². The van der Waals surface area contributed by atoms with Crippen LogP contribution in [0.25, 0.3) is 0 Å².